The van der Waals surface area contributed by atoms with Gasteiger partial charge in [-0.05, 0) is 56.2 Å². The van der Waals surface area contributed by atoms with E-state index in [0.29, 0.717) is 17.0 Å². The van der Waals surface area contributed by atoms with Crippen LogP contribution in [0.1, 0.15) is 61.0 Å². The first kappa shape index (κ1) is 23.2. The highest BCUT2D eigenvalue weighted by molar-refractivity contribution is 7.93. The lowest BCUT2D eigenvalue weighted by atomic mass is 9.90. The molecule has 2 atom stereocenters. The van der Waals surface area contributed by atoms with Gasteiger partial charge in [0.25, 0.3) is 0 Å². The molecule has 0 spiro atoms. The number of carbonyl (C=O) groups is 1. The molecule has 2 aromatic rings. The zero-order chi connectivity index (χ0) is 23.5. The number of aryl methyl sites for hydroxylation is 1. The minimum atomic E-state index is -3.91. The third-order valence-electron chi connectivity index (χ3n) is 6.18. The number of aliphatic hydroxyl groups is 2. The molecule has 0 aliphatic heterocycles. The second kappa shape index (κ2) is 7.84. The van der Waals surface area contributed by atoms with Crippen LogP contribution >= 0.6 is 11.3 Å². The highest BCUT2D eigenvalue weighted by atomic mass is 32.2. The Kier molecular flexibility index (Phi) is 5.70. The Balaban J connectivity index is 1.70. The van der Waals surface area contributed by atoms with Gasteiger partial charge in [0, 0.05) is 16.0 Å². The van der Waals surface area contributed by atoms with Crippen molar-refractivity contribution in [1.82, 2.24) is 4.98 Å². The van der Waals surface area contributed by atoms with E-state index >= 15 is 0 Å². The molecular weight excluding hydrogens is 455 g/mol. The Labute approximate surface area is 190 Å². The SMILES string of the molecule is CC1(C)CCc2c1nc1c(c2NC(=O)N=[S@@](N)(=O)c2sc(C(C)(O)CO)cc2F)CCC1. The topological polar surface area (TPSA) is 138 Å². The average Bonchev–Trinajstić information content (AvgIpc) is 3.39. The molecule has 1 unspecified atom stereocenters. The van der Waals surface area contributed by atoms with Gasteiger partial charge in [-0.2, -0.15) is 0 Å². The van der Waals surface area contributed by atoms with Gasteiger partial charge in [-0.1, -0.05) is 13.8 Å². The number of carbonyl (C=O) groups excluding carboxylic acids is 1. The number of thiophene rings is 1. The van der Waals surface area contributed by atoms with Crippen molar-refractivity contribution in [3.8, 4) is 0 Å². The van der Waals surface area contributed by atoms with E-state index in [4.69, 9.17) is 10.1 Å². The molecule has 0 fully saturated rings. The summed E-state index contributed by atoms with van der Waals surface area (Å²) in [5, 5.41) is 28.0. The van der Waals surface area contributed by atoms with Crippen molar-refractivity contribution in [3.63, 3.8) is 0 Å². The number of hydrogen-bond acceptors (Lipinski definition) is 6. The van der Waals surface area contributed by atoms with Crippen molar-refractivity contribution < 1.29 is 23.6 Å². The minimum absolute atomic E-state index is 0.0355. The van der Waals surface area contributed by atoms with E-state index in [-0.39, 0.29) is 10.3 Å². The van der Waals surface area contributed by atoms with Crippen molar-refractivity contribution >= 4 is 33.0 Å². The summed E-state index contributed by atoms with van der Waals surface area (Å²) in [6, 6.07) is 0.0221. The van der Waals surface area contributed by atoms with Crippen LogP contribution < -0.4 is 10.5 Å². The van der Waals surface area contributed by atoms with Gasteiger partial charge in [0.1, 0.15) is 5.60 Å². The van der Waals surface area contributed by atoms with E-state index < -0.39 is 38.2 Å². The molecule has 0 saturated carbocycles. The highest BCUT2D eigenvalue weighted by Crippen LogP contribution is 2.44. The molecule has 5 N–H and O–H groups in total. The second-order valence-electron chi connectivity index (χ2n) is 9.24. The molecule has 4 rings (SSSR count). The number of aromatic nitrogens is 1. The largest absolute Gasteiger partial charge is 0.393 e. The zero-order valence-electron chi connectivity index (χ0n) is 18.2. The van der Waals surface area contributed by atoms with Gasteiger partial charge in [-0.3, -0.25) is 4.98 Å². The van der Waals surface area contributed by atoms with Crippen molar-refractivity contribution in [2.24, 2.45) is 9.50 Å². The van der Waals surface area contributed by atoms with Crippen LogP contribution in [-0.4, -0.2) is 32.0 Å². The normalized spacial score (nSPS) is 20.2. The van der Waals surface area contributed by atoms with Gasteiger partial charge in [0.2, 0.25) is 0 Å². The Morgan fingerprint density at radius 3 is 2.81 bits per heavy atom. The van der Waals surface area contributed by atoms with Crippen LogP contribution in [0.4, 0.5) is 14.9 Å². The lowest BCUT2D eigenvalue weighted by molar-refractivity contribution is 0.000654. The number of nitrogens with zero attached hydrogens (tertiary/aromatic N) is 2. The van der Waals surface area contributed by atoms with E-state index in [1.807, 2.05) is 0 Å². The van der Waals surface area contributed by atoms with E-state index in [2.05, 4.69) is 23.5 Å². The number of urea groups is 1. The van der Waals surface area contributed by atoms with Crippen molar-refractivity contribution in [2.45, 2.75) is 68.1 Å². The summed E-state index contributed by atoms with van der Waals surface area (Å²) in [5.74, 6) is -0.949. The monoisotopic (exact) mass is 482 g/mol. The first-order valence-corrected chi connectivity index (χ1v) is 12.8. The summed E-state index contributed by atoms with van der Waals surface area (Å²) >= 11 is 0.617. The second-order valence-corrected chi connectivity index (χ2v) is 12.3. The van der Waals surface area contributed by atoms with Crippen LogP contribution in [0.5, 0.6) is 0 Å². The van der Waals surface area contributed by atoms with E-state index in [1.54, 1.807) is 0 Å². The third kappa shape index (κ3) is 3.96. The third-order valence-corrected chi connectivity index (χ3v) is 9.46. The van der Waals surface area contributed by atoms with Gasteiger partial charge in [0.15, 0.2) is 19.9 Å². The number of aliphatic hydroxyl groups excluding tert-OH is 1. The average molecular weight is 483 g/mol. The number of halogens is 1. The van der Waals surface area contributed by atoms with Gasteiger partial charge in [-0.15, -0.1) is 15.7 Å². The molecule has 0 bridgehead atoms. The molecule has 2 aliphatic rings. The standard InChI is InChI=1S/C21H27FN4O4S2/c1-20(2)8-7-12-16(11-5-4-6-14(11)24-17(12)20)25-19(28)26-32(23,30)18-13(22)9-15(31-18)21(3,29)10-27/h9,27,29H,4-8,10H2,1-3H3,(H3,23,24,25,26,28,30)/t21?,32-/m1/s1. The van der Waals surface area contributed by atoms with Crippen LogP contribution in [0.3, 0.4) is 0 Å². The minimum Gasteiger partial charge on any atom is -0.393 e. The van der Waals surface area contributed by atoms with Crippen molar-refractivity contribution in [3.05, 3.63) is 39.3 Å². The Bertz CT molecular complexity index is 1230. The quantitative estimate of drug-likeness (QED) is 0.530. The number of nitrogens with two attached hydrogens (primary N) is 1. The molecule has 0 radical (unpaired) electrons. The van der Waals surface area contributed by atoms with Gasteiger partial charge >= 0.3 is 6.03 Å². The fourth-order valence-electron chi connectivity index (χ4n) is 4.32. The summed E-state index contributed by atoms with van der Waals surface area (Å²) in [5.41, 5.74) is 2.68. The number of pyridine rings is 1. The Hall–Kier alpha value is -1.92. The van der Waals surface area contributed by atoms with Crippen LogP contribution in [0.2, 0.25) is 0 Å². The molecule has 0 saturated heterocycles. The number of fused-ring (bicyclic) bond motifs is 2. The van der Waals surface area contributed by atoms with Crippen LogP contribution in [-0.2, 0) is 40.2 Å². The predicted molar refractivity (Wildman–Crippen MR) is 121 cm³/mol. The summed E-state index contributed by atoms with van der Waals surface area (Å²) in [4.78, 5) is 17.7. The summed E-state index contributed by atoms with van der Waals surface area (Å²) in [7, 11) is -3.91. The van der Waals surface area contributed by atoms with E-state index in [9.17, 15) is 23.6 Å². The molecule has 11 heteroatoms. The first-order chi connectivity index (χ1) is 14.9. The maximum atomic E-state index is 14.5. The maximum Gasteiger partial charge on any atom is 0.354 e. The summed E-state index contributed by atoms with van der Waals surface area (Å²) in [6.45, 7) is 4.86. The molecule has 8 nitrogen and oxygen atoms in total. The number of rotatable bonds is 4. The number of anilines is 1. The molecular formula is C21H27FN4O4S2. The molecule has 174 valence electrons. The molecule has 2 aliphatic carbocycles. The van der Waals surface area contributed by atoms with Gasteiger partial charge in [0.05, 0.1) is 18.0 Å². The van der Waals surface area contributed by atoms with Crippen LogP contribution in [0.25, 0.3) is 0 Å². The fraction of sp³-hybridized carbons (Fsp3) is 0.524. The van der Waals surface area contributed by atoms with Gasteiger partial charge in [-0.25, -0.2) is 18.5 Å². The van der Waals surface area contributed by atoms with Gasteiger partial charge < -0.3 is 15.5 Å². The molecule has 2 aromatic heterocycles. The summed E-state index contributed by atoms with van der Waals surface area (Å²) < 4.78 is 30.6. The highest BCUT2D eigenvalue weighted by Gasteiger charge is 2.36. The number of nitrogens with one attached hydrogen (secondary N) is 1. The Morgan fingerprint density at radius 1 is 1.41 bits per heavy atom. The molecule has 2 heterocycles. The van der Waals surface area contributed by atoms with Crippen LogP contribution in [0.15, 0.2) is 14.6 Å². The van der Waals surface area contributed by atoms with Crippen molar-refractivity contribution in [1.29, 1.82) is 0 Å². The van der Waals surface area contributed by atoms with Crippen molar-refractivity contribution in [2.75, 3.05) is 11.9 Å². The summed E-state index contributed by atoms with van der Waals surface area (Å²) in [6.07, 6.45) is 4.21. The number of amides is 2. The fourth-order valence-corrected chi connectivity index (χ4v) is 6.70. The lowest BCUT2D eigenvalue weighted by Gasteiger charge is -2.20. The lowest BCUT2D eigenvalue weighted by Crippen LogP contribution is -2.24. The first-order valence-electron chi connectivity index (χ1n) is 10.4. The predicted octanol–water partition coefficient (Wildman–Crippen LogP) is 3.13. The maximum absolute atomic E-state index is 14.5. The zero-order valence-corrected chi connectivity index (χ0v) is 19.8. The number of hydrogen-bond donors (Lipinski definition) is 4. The van der Waals surface area contributed by atoms with Crippen LogP contribution in [0, 0.1) is 5.82 Å². The molecule has 32 heavy (non-hydrogen) atoms. The Morgan fingerprint density at radius 2 is 2.12 bits per heavy atom. The molecule has 2 amide bonds. The smallest absolute Gasteiger partial charge is 0.354 e. The molecule has 0 aromatic carbocycles. The van der Waals surface area contributed by atoms with E-state index in [0.717, 1.165) is 60.7 Å². The van der Waals surface area contributed by atoms with E-state index in [1.165, 1.54) is 6.92 Å².